The predicted octanol–water partition coefficient (Wildman–Crippen LogP) is 5.05. The Kier molecular flexibility index (Phi) is 6.31. The van der Waals surface area contributed by atoms with E-state index in [1.165, 1.54) is 44.2 Å². The van der Waals surface area contributed by atoms with Gasteiger partial charge in [0.05, 0.1) is 12.2 Å². The van der Waals surface area contributed by atoms with Crippen molar-refractivity contribution in [2.45, 2.75) is 51.5 Å². The highest BCUT2D eigenvalue weighted by Crippen LogP contribution is 2.35. The highest BCUT2D eigenvalue weighted by molar-refractivity contribution is 5.99. The second kappa shape index (κ2) is 9.28. The molecule has 4 rings (SSSR count). The average Bonchev–Trinajstić information content (AvgIpc) is 2.76. The number of hydrogen-bond donors (Lipinski definition) is 1. The first-order chi connectivity index (χ1) is 14.6. The lowest BCUT2D eigenvalue weighted by Gasteiger charge is -2.30. The summed E-state index contributed by atoms with van der Waals surface area (Å²) in [6.45, 7) is 0.274. The van der Waals surface area contributed by atoms with Crippen LogP contribution in [0.25, 0.3) is 0 Å². The van der Waals surface area contributed by atoms with Gasteiger partial charge in [-0.3, -0.25) is 9.59 Å². The minimum atomic E-state index is -0.309. The van der Waals surface area contributed by atoms with Gasteiger partial charge in [-0.1, -0.05) is 44.2 Å². The molecule has 0 saturated heterocycles. The zero-order chi connectivity index (χ0) is 20.9. The van der Waals surface area contributed by atoms with Crippen molar-refractivity contribution in [1.82, 2.24) is 0 Å². The van der Waals surface area contributed by atoms with Gasteiger partial charge in [-0.15, -0.1) is 0 Å². The number of benzene rings is 2. The number of carbonyl (C=O) groups is 2. The summed E-state index contributed by atoms with van der Waals surface area (Å²) in [7, 11) is 0. The molecule has 2 aromatic rings. The smallest absolute Gasteiger partial charge is 0.265 e. The maximum Gasteiger partial charge on any atom is 0.265 e. The van der Waals surface area contributed by atoms with Crippen molar-refractivity contribution in [3.63, 3.8) is 0 Å². The summed E-state index contributed by atoms with van der Waals surface area (Å²) in [6, 6.07) is 11.4. The first-order valence-corrected chi connectivity index (χ1v) is 10.7. The second-order valence-corrected chi connectivity index (χ2v) is 8.17. The van der Waals surface area contributed by atoms with Gasteiger partial charge < -0.3 is 15.0 Å². The Bertz CT molecular complexity index is 907. The Morgan fingerprint density at radius 1 is 1.10 bits per heavy atom. The van der Waals surface area contributed by atoms with Crippen LogP contribution in [0.15, 0.2) is 42.5 Å². The molecule has 1 aliphatic carbocycles. The Morgan fingerprint density at radius 2 is 1.87 bits per heavy atom. The molecule has 1 saturated carbocycles. The number of halogens is 1. The summed E-state index contributed by atoms with van der Waals surface area (Å²) in [5, 5.41) is 2.95. The van der Waals surface area contributed by atoms with Crippen molar-refractivity contribution in [3.8, 4) is 5.75 Å². The molecule has 6 heteroatoms. The molecule has 1 aliphatic heterocycles. The number of rotatable bonds is 6. The normalized spacial score (nSPS) is 16.7. The Morgan fingerprint density at radius 3 is 2.63 bits per heavy atom. The van der Waals surface area contributed by atoms with Crippen molar-refractivity contribution in [2.24, 2.45) is 5.92 Å². The van der Waals surface area contributed by atoms with Crippen molar-refractivity contribution in [3.05, 3.63) is 53.8 Å². The first-order valence-electron chi connectivity index (χ1n) is 10.7. The number of nitrogens with zero attached hydrogens (tertiary/aromatic N) is 1. The van der Waals surface area contributed by atoms with Crippen LogP contribution in [-0.2, 0) is 16.1 Å². The van der Waals surface area contributed by atoms with Gasteiger partial charge in [-0.2, -0.15) is 0 Å². The van der Waals surface area contributed by atoms with E-state index in [2.05, 4.69) is 5.32 Å². The lowest BCUT2D eigenvalue weighted by Crippen LogP contribution is -2.38. The van der Waals surface area contributed by atoms with Crippen LogP contribution in [0.4, 0.5) is 15.8 Å². The molecule has 1 heterocycles. The van der Waals surface area contributed by atoms with E-state index >= 15 is 0 Å². The van der Waals surface area contributed by atoms with Crippen molar-refractivity contribution < 1.29 is 18.7 Å². The van der Waals surface area contributed by atoms with E-state index in [0.717, 1.165) is 12.0 Å². The molecule has 0 atom stereocenters. The van der Waals surface area contributed by atoms with Gasteiger partial charge in [0.25, 0.3) is 5.91 Å². The Balaban J connectivity index is 1.40. The lowest BCUT2D eigenvalue weighted by atomic mass is 9.86. The first kappa shape index (κ1) is 20.4. The molecule has 0 spiro atoms. The van der Waals surface area contributed by atoms with Crippen molar-refractivity contribution in [2.75, 3.05) is 16.8 Å². The minimum Gasteiger partial charge on any atom is -0.481 e. The van der Waals surface area contributed by atoms with Gasteiger partial charge in [-0.05, 0) is 42.2 Å². The quantitative estimate of drug-likeness (QED) is 0.725. The standard InChI is InChI=1S/C24H27FN2O3/c25-19-9-6-18(7-10-19)15-27-21-12-11-20(14-22(21)30-16-24(27)29)26-23(28)13-8-17-4-2-1-3-5-17/h6-7,9-12,14,17H,1-5,8,13,15-16H2,(H,26,28). The van der Waals surface area contributed by atoms with Gasteiger partial charge in [-0.25, -0.2) is 4.39 Å². The molecule has 5 nitrogen and oxygen atoms in total. The van der Waals surface area contributed by atoms with Crippen LogP contribution in [0, 0.1) is 11.7 Å². The minimum absolute atomic E-state index is 0.00979. The number of anilines is 2. The molecule has 0 radical (unpaired) electrons. The molecular weight excluding hydrogens is 383 g/mol. The van der Waals surface area contributed by atoms with E-state index in [9.17, 15) is 14.0 Å². The number of carbonyl (C=O) groups excluding carboxylic acids is 2. The highest BCUT2D eigenvalue weighted by atomic mass is 19.1. The van der Waals surface area contributed by atoms with Crippen LogP contribution in [0.1, 0.15) is 50.5 Å². The Hall–Kier alpha value is -2.89. The average molecular weight is 410 g/mol. The predicted molar refractivity (Wildman–Crippen MR) is 114 cm³/mol. The summed E-state index contributed by atoms with van der Waals surface area (Å²) < 4.78 is 18.8. The van der Waals surface area contributed by atoms with Crippen LogP contribution in [-0.4, -0.2) is 18.4 Å². The molecule has 30 heavy (non-hydrogen) atoms. The fourth-order valence-electron chi connectivity index (χ4n) is 4.26. The molecule has 2 aromatic carbocycles. The second-order valence-electron chi connectivity index (χ2n) is 8.17. The number of ether oxygens (including phenoxy) is 1. The fourth-order valence-corrected chi connectivity index (χ4v) is 4.26. The molecule has 0 bridgehead atoms. The van der Waals surface area contributed by atoms with E-state index in [4.69, 9.17) is 4.74 Å². The van der Waals surface area contributed by atoms with Gasteiger partial charge >= 0.3 is 0 Å². The van der Waals surface area contributed by atoms with Gasteiger partial charge in [0, 0.05) is 18.2 Å². The third-order valence-corrected chi connectivity index (χ3v) is 5.94. The summed E-state index contributed by atoms with van der Waals surface area (Å²) in [5.74, 6) is 0.771. The summed E-state index contributed by atoms with van der Waals surface area (Å²) in [4.78, 5) is 26.4. The lowest BCUT2D eigenvalue weighted by molar-refractivity contribution is -0.121. The molecule has 0 unspecified atom stereocenters. The third-order valence-electron chi connectivity index (χ3n) is 5.94. The number of amides is 2. The number of nitrogens with one attached hydrogen (secondary N) is 1. The highest BCUT2D eigenvalue weighted by Gasteiger charge is 2.26. The van der Waals surface area contributed by atoms with Gasteiger partial charge in [0.15, 0.2) is 6.61 Å². The van der Waals surface area contributed by atoms with Crippen LogP contribution < -0.4 is 15.0 Å². The maximum atomic E-state index is 13.2. The van der Waals surface area contributed by atoms with Crippen LogP contribution in [0.5, 0.6) is 5.75 Å². The SMILES string of the molecule is O=C(CCC1CCCCC1)Nc1ccc2c(c1)OCC(=O)N2Cc1ccc(F)cc1. The number of hydrogen-bond acceptors (Lipinski definition) is 3. The number of fused-ring (bicyclic) bond motifs is 1. The van der Waals surface area contributed by atoms with E-state index in [1.807, 2.05) is 0 Å². The van der Waals surface area contributed by atoms with E-state index in [-0.39, 0.29) is 24.2 Å². The molecular formula is C24H27FN2O3. The van der Waals surface area contributed by atoms with E-state index < -0.39 is 0 Å². The van der Waals surface area contributed by atoms with Gasteiger partial charge in [0.2, 0.25) is 5.91 Å². The third kappa shape index (κ3) is 4.99. The van der Waals surface area contributed by atoms with Crippen LogP contribution in [0.2, 0.25) is 0 Å². The fraction of sp³-hybridized carbons (Fsp3) is 0.417. The van der Waals surface area contributed by atoms with Crippen molar-refractivity contribution >= 4 is 23.2 Å². The molecule has 2 aliphatic rings. The Labute approximate surface area is 176 Å². The van der Waals surface area contributed by atoms with Crippen LogP contribution in [0.3, 0.4) is 0 Å². The molecule has 1 fully saturated rings. The largest absolute Gasteiger partial charge is 0.481 e. The topological polar surface area (TPSA) is 58.6 Å². The summed E-state index contributed by atoms with van der Waals surface area (Å²) in [6.07, 6.45) is 7.81. The zero-order valence-corrected chi connectivity index (χ0v) is 17.0. The maximum absolute atomic E-state index is 13.2. The summed E-state index contributed by atoms with van der Waals surface area (Å²) in [5.41, 5.74) is 2.15. The summed E-state index contributed by atoms with van der Waals surface area (Å²) >= 11 is 0. The van der Waals surface area contributed by atoms with E-state index in [0.29, 0.717) is 36.0 Å². The van der Waals surface area contributed by atoms with E-state index in [1.54, 1.807) is 35.2 Å². The molecule has 2 amide bonds. The van der Waals surface area contributed by atoms with Crippen LogP contribution >= 0.6 is 0 Å². The monoisotopic (exact) mass is 410 g/mol. The van der Waals surface area contributed by atoms with Gasteiger partial charge in [0.1, 0.15) is 11.6 Å². The molecule has 0 aromatic heterocycles. The zero-order valence-electron chi connectivity index (χ0n) is 17.0. The molecule has 158 valence electrons. The van der Waals surface area contributed by atoms with Crippen molar-refractivity contribution in [1.29, 1.82) is 0 Å². The molecule has 1 N–H and O–H groups in total.